The van der Waals surface area contributed by atoms with Crippen molar-refractivity contribution in [1.82, 2.24) is 14.7 Å². The Balaban J connectivity index is 2.36. The van der Waals surface area contributed by atoms with E-state index in [1.54, 1.807) is 10.7 Å². The molecule has 1 fully saturated rings. The van der Waals surface area contributed by atoms with E-state index in [0.29, 0.717) is 18.0 Å². The lowest BCUT2D eigenvalue weighted by molar-refractivity contribution is -0.141. The van der Waals surface area contributed by atoms with Gasteiger partial charge in [-0.3, -0.25) is 9.48 Å². The first kappa shape index (κ1) is 15.9. The van der Waals surface area contributed by atoms with Crippen LogP contribution in [0.25, 0.3) is 0 Å². The largest absolute Gasteiger partial charge is 0.480 e. The molecule has 116 valence electrons. The summed E-state index contributed by atoms with van der Waals surface area (Å²) < 4.78 is 1.66. The van der Waals surface area contributed by atoms with Crippen molar-refractivity contribution in [3.05, 3.63) is 17.5 Å². The third kappa shape index (κ3) is 2.92. The summed E-state index contributed by atoms with van der Waals surface area (Å²) in [6.07, 6.45) is 1.49. The van der Waals surface area contributed by atoms with Crippen molar-refractivity contribution >= 4 is 23.6 Å². The van der Waals surface area contributed by atoms with Gasteiger partial charge in [0.1, 0.15) is 11.7 Å². The molecule has 1 aliphatic rings. The monoisotopic (exact) mass is 311 g/mol. The second kappa shape index (κ2) is 6.51. The van der Waals surface area contributed by atoms with Crippen molar-refractivity contribution in [3.63, 3.8) is 0 Å². The van der Waals surface area contributed by atoms with Gasteiger partial charge in [-0.2, -0.15) is 5.10 Å². The molecule has 2 rings (SSSR count). The predicted molar refractivity (Wildman–Crippen MR) is 81.4 cm³/mol. The number of hydrogen-bond donors (Lipinski definition) is 1. The number of thioether (sulfide) groups is 1. The summed E-state index contributed by atoms with van der Waals surface area (Å²) in [5.74, 6) is -0.723. The molecule has 2 unspecified atom stereocenters. The van der Waals surface area contributed by atoms with E-state index in [4.69, 9.17) is 0 Å². The van der Waals surface area contributed by atoms with Crippen molar-refractivity contribution in [2.75, 3.05) is 5.75 Å². The van der Waals surface area contributed by atoms with Gasteiger partial charge in [0.05, 0.1) is 11.1 Å². The highest BCUT2D eigenvalue weighted by Gasteiger charge is 2.42. The average molecular weight is 311 g/mol. The molecule has 7 heteroatoms. The van der Waals surface area contributed by atoms with Crippen molar-refractivity contribution in [2.45, 2.75) is 51.6 Å². The van der Waals surface area contributed by atoms with Crippen LogP contribution in [0, 0.1) is 0 Å². The number of aromatic nitrogens is 2. The van der Waals surface area contributed by atoms with Crippen LogP contribution < -0.4 is 0 Å². The molecule has 0 bridgehead atoms. The molecule has 1 N–H and O–H groups in total. The Morgan fingerprint density at radius 2 is 2.14 bits per heavy atom. The van der Waals surface area contributed by atoms with Gasteiger partial charge in [-0.25, -0.2) is 4.79 Å². The van der Waals surface area contributed by atoms with Gasteiger partial charge in [-0.1, -0.05) is 13.8 Å². The summed E-state index contributed by atoms with van der Waals surface area (Å²) in [5, 5.41) is 13.6. The molecule has 0 saturated carbocycles. The Labute approximate surface area is 128 Å². The Hall–Kier alpha value is -1.50. The van der Waals surface area contributed by atoms with Gasteiger partial charge in [0.25, 0.3) is 5.91 Å². The highest BCUT2D eigenvalue weighted by atomic mass is 32.2. The molecule has 0 spiro atoms. The minimum atomic E-state index is -0.940. The van der Waals surface area contributed by atoms with E-state index < -0.39 is 12.0 Å². The lowest BCUT2D eigenvalue weighted by Crippen LogP contribution is -2.46. The molecule has 6 nitrogen and oxygen atoms in total. The van der Waals surface area contributed by atoms with Crippen LogP contribution in [0.4, 0.5) is 0 Å². The van der Waals surface area contributed by atoms with E-state index in [1.807, 2.05) is 20.8 Å². The smallest absolute Gasteiger partial charge is 0.327 e. The third-order valence-corrected chi connectivity index (χ3v) is 5.13. The van der Waals surface area contributed by atoms with Crippen LogP contribution in [0.3, 0.4) is 0 Å². The zero-order valence-corrected chi connectivity index (χ0v) is 13.4. The van der Waals surface area contributed by atoms with Crippen LogP contribution in [0.15, 0.2) is 6.07 Å². The van der Waals surface area contributed by atoms with Crippen LogP contribution in [-0.4, -0.2) is 48.8 Å². The van der Waals surface area contributed by atoms with Gasteiger partial charge >= 0.3 is 5.97 Å². The molecule has 1 amide bonds. The van der Waals surface area contributed by atoms with E-state index in [0.717, 1.165) is 18.5 Å². The number of amides is 1. The first-order valence-corrected chi connectivity index (χ1v) is 8.32. The van der Waals surface area contributed by atoms with Crippen LogP contribution in [0.2, 0.25) is 0 Å². The van der Waals surface area contributed by atoms with Crippen molar-refractivity contribution in [3.8, 4) is 0 Å². The van der Waals surface area contributed by atoms with Crippen LogP contribution in [-0.2, 0) is 17.8 Å². The molecule has 1 aromatic rings. The number of carbonyl (C=O) groups is 2. The highest BCUT2D eigenvalue weighted by Crippen LogP contribution is 2.32. The number of carboxylic acid groups (broad SMARTS) is 1. The zero-order chi connectivity index (χ0) is 15.6. The highest BCUT2D eigenvalue weighted by molar-refractivity contribution is 8.00. The molecule has 0 aliphatic carbocycles. The average Bonchev–Trinajstić information content (AvgIpc) is 3.09. The van der Waals surface area contributed by atoms with Crippen molar-refractivity contribution in [1.29, 1.82) is 0 Å². The van der Waals surface area contributed by atoms with Gasteiger partial charge in [-0.15, -0.1) is 11.8 Å². The number of aliphatic carboxylic acids is 1. The second-order valence-electron chi connectivity index (χ2n) is 4.95. The predicted octanol–water partition coefficient (Wildman–Crippen LogP) is 1.84. The van der Waals surface area contributed by atoms with E-state index >= 15 is 0 Å². The van der Waals surface area contributed by atoms with E-state index in [-0.39, 0.29) is 11.3 Å². The number of carboxylic acids is 1. The van der Waals surface area contributed by atoms with E-state index in [2.05, 4.69) is 5.10 Å². The Kier molecular flexibility index (Phi) is 4.92. The summed E-state index contributed by atoms with van der Waals surface area (Å²) in [5.41, 5.74) is 1.34. The SMILES string of the molecule is CCc1cc(C(=O)N2C(CC)SCC2C(=O)O)n(CC)n1. The quantitative estimate of drug-likeness (QED) is 0.898. The standard InChI is InChI=1S/C14H21N3O3S/c1-4-9-7-10(16(6-3)15-9)13(18)17-11(14(19)20)8-21-12(17)5-2/h7,11-12H,4-6,8H2,1-3H3,(H,19,20). The number of aryl methyl sites for hydroxylation is 2. The minimum absolute atomic E-state index is 0.0797. The number of carbonyl (C=O) groups excluding carboxylic acids is 1. The van der Waals surface area contributed by atoms with E-state index in [9.17, 15) is 14.7 Å². The second-order valence-corrected chi connectivity index (χ2v) is 6.16. The molecule has 0 aromatic carbocycles. The molecule has 0 radical (unpaired) electrons. The van der Waals surface area contributed by atoms with Crippen LogP contribution in [0.5, 0.6) is 0 Å². The zero-order valence-electron chi connectivity index (χ0n) is 12.6. The molecular formula is C14H21N3O3S. The Morgan fingerprint density at radius 3 is 2.67 bits per heavy atom. The molecule has 2 atom stereocenters. The van der Waals surface area contributed by atoms with E-state index in [1.165, 1.54) is 16.7 Å². The van der Waals surface area contributed by atoms with Gasteiger partial charge in [-0.05, 0) is 25.8 Å². The number of rotatable bonds is 5. The summed E-state index contributed by atoms with van der Waals surface area (Å²) in [7, 11) is 0. The fourth-order valence-electron chi connectivity index (χ4n) is 2.53. The fraction of sp³-hybridized carbons (Fsp3) is 0.643. The maximum absolute atomic E-state index is 12.8. The van der Waals surface area contributed by atoms with Gasteiger partial charge in [0.2, 0.25) is 0 Å². The topological polar surface area (TPSA) is 75.4 Å². The number of hydrogen-bond acceptors (Lipinski definition) is 4. The van der Waals surface area contributed by atoms with Crippen molar-refractivity contribution < 1.29 is 14.7 Å². The minimum Gasteiger partial charge on any atom is -0.480 e. The maximum atomic E-state index is 12.8. The summed E-state index contributed by atoms with van der Waals surface area (Å²) in [6, 6.07) is 1.03. The summed E-state index contributed by atoms with van der Waals surface area (Å²) in [6.45, 7) is 6.47. The Bertz CT molecular complexity index is 544. The lowest BCUT2D eigenvalue weighted by atomic mass is 10.2. The molecular weight excluding hydrogens is 290 g/mol. The molecule has 1 aromatic heterocycles. The summed E-state index contributed by atoms with van der Waals surface area (Å²) >= 11 is 1.53. The Morgan fingerprint density at radius 1 is 1.43 bits per heavy atom. The molecule has 1 aliphatic heterocycles. The maximum Gasteiger partial charge on any atom is 0.327 e. The van der Waals surface area contributed by atoms with Gasteiger partial charge < -0.3 is 10.0 Å². The van der Waals surface area contributed by atoms with Crippen LogP contribution >= 0.6 is 11.8 Å². The summed E-state index contributed by atoms with van der Waals surface area (Å²) in [4.78, 5) is 25.7. The molecule has 1 saturated heterocycles. The first-order chi connectivity index (χ1) is 10.0. The third-order valence-electron chi connectivity index (χ3n) is 3.67. The van der Waals surface area contributed by atoms with Crippen LogP contribution in [0.1, 0.15) is 43.4 Å². The normalized spacial score (nSPS) is 21.8. The first-order valence-electron chi connectivity index (χ1n) is 7.27. The fourth-order valence-corrected chi connectivity index (χ4v) is 3.88. The van der Waals surface area contributed by atoms with Gasteiger partial charge in [0, 0.05) is 12.3 Å². The lowest BCUT2D eigenvalue weighted by Gasteiger charge is -2.26. The van der Waals surface area contributed by atoms with Crippen molar-refractivity contribution in [2.24, 2.45) is 0 Å². The molecule has 2 heterocycles. The number of nitrogens with zero attached hydrogens (tertiary/aromatic N) is 3. The van der Waals surface area contributed by atoms with Gasteiger partial charge in [0.15, 0.2) is 0 Å². The molecule has 21 heavy (non-hydrogen) atoms.